The number of carboxylic acids is 1. The standard InChI is InChI=1S/C18H23NO5/c1-23-12-18(17(21)22)8-4-9-19(11-18)16(20)14-7-10-24-15-6-3-2-5-13(14)15/h2-3,5-6,14H,4,7-12H2,1H3,(H,21,22). The van der Waals surface area contributed by atoms with Gasteiger partial charge in [-0.1, -0.05) is 18.2 Å². The van der Waals surface area contributed by atoms with Gasteiger partial charge in [-0.3, -0.25) is 9.59 Å². The summed E-state index contributed by atoms with van der Waals surface area (Å²) in [5.41, 5.74) is -0.111. The van der Waals surface area contributed by atoms with Crippen LogP contribution in [0.4, 0.5) is 0 Å². The van der Waals surface area contributed by atoms with E-state index >= 15 is 0 Å². The number of methoxy groups -OCH3 is 1. The number of aliphatic carboxylic acids is 1. The van der Waals surface area contributed by atoms with Gasteiger partial charge in [-0.25, -0.2) is 0 Å². The summed E-state index contributed by atoms with van der Waals surface area (Å²) in [6, 6.07) is 7.58. The molecule has 1 saturated heterocycles. The molecule has 1 N–H and O–H groups in total. The van der Waals surface area contributed by atoms with E-state index in [2.05, 4.69) is 0 Å². The summed E-state index contributed by atoms with van der Waals surface area (Å²) >= 11 is 0. The maximum absolute atomic E-state index is 13.1. The van der Waals surface area contributed by atoms with E-state index in [1.807, 2.05) is 24.3 Å². The average Bonchev–Trinajstić information content (AvgIpc) is 2.61. The summed E-state index contributed by atoms with van der Waals surface area (Å²) < 4.78 is 10.8. The first kappa shape index (κ1) is 16.8. The molecule has 6 heteroatoms. The molecule has 1 amide bonds. The Hall–Kier alpha value is -2.08. The molecule has 0 spiro atoms. The van der Waals surface area contributed by atoms with Crippen LogP contribution in [0.3, 0.4) is 0 Å². The zero-order chi connectivity index (χ0) is 17.2. The number of carboxylic acid groups (broad SMARTS) is 1. The molecule has 24 heavy (non-hydrogen) atoms. The molecule has 0 aromatic heterocycles. The molecule has 130 valence electrons. The van der Waals surface area contributed by atoms with Crippen LogP contribution in [0, 0.1) is 5.41 Å². The van der Waals surface area contributed by atoms with Gasteiger partial charge < -0.3 is 19.5 Å². The minimum absolute atomic E-state index is 0.00724. The van der Waals surface area contributed by atoms with Gasteiger partial charge in [0.25, 0.3) is 0 Å². The minimum atomic E-state index is -1.01. The fourth-order valence-electron chi connectivity index (χ4n) is 3.77. The Bertz CT molecular complexity index is 628. The number of benzene rings is 1. The largest absolute Gasteiger partial charge is 0.493 e. The number of hydrogen-bond acceptors (Lipinski definition) is 4. The molecule has 2 heterocycles. The van der Waals surface area contributed by atoms with Crippen LogP contribution in [0.25, 0.3) is 0 Å². The average molecular weight is 333 g/mol. The second kappa shape index (κ2) is 6.81. The van der Waals surface area contributed by atoms with Crippen molar-refractivity contribution in [2.75, 3.05) is 33.4 Å². The maximum Gasteiger partial charge on any atom is 0.313 e. The van der Waals surface area contributed by atoms with E-state index in [1.54, 1.807) is 4.90 Å². The predicted molar refractivity (Wildman–Crippen MR) is 87.1 cm³/mol. The SMILES string of the molecule is COCC1(C(=O)O)CCCN(C(=O)C2CCOc3ccccc32)C1. The number of hydrogen-bond donors (Lipinski definition) is 1. The van der Waals surface area contributed by atoms with Crippen molar-refractivity contribution in [3.05, 3.63) is 29.8 Å². The molecule has 2 aliphatic heterocycles. The van der Waals surface area contributed by atoms with Crippen molar-refractivity contribution in [3.8, 4) is 5.75 Å². The van der Waals surface area contributed by atoms with Crippen molar-refractivity contribution >= 4 is 11.9 Å². The highest BCUT2D eigenvalue weighted by Crippen LogP contribution is 2.37. The Kier molecular flexibility index (Phi) is 4.76. The number of carbonyl (C=O) groups excluding carboxylic acids is 1. The topological polar surface area (TPSA) is 76.1 Å². The van der Waals surface area contributed by atoms with Crippen molar-refractivity contribution in [1.29, 1.82) is 0 Å². The van der Waals surface area contributed by atoms with Crippen molar-refractivity contribution in [2.24, 2.45) is 5.41 Å². The Morgan fingerprint density at radius 1 is 1.42 bits per heavy atom. The van der Waals surface area contributed by atoms with Crippen LogP contribution in [-0.4, -0.2) is 55.3 Å². The van der Waals surface area contributed by atoms with E-state index in [-0.39, 0.29) is 25.0 Å². The number of rotatable bonds is 4. The van der Waals surface area contributed by atoms with Crippen molar-refractivity contribution in [3.63, 3.8) is 0 Å². The highest BCUT2D eigenvalue weighted by atomic mass is 16.5. The molecule has 1 fully saturated rings. The van der Waals surface area contributed by atoms with Gasteiger partial charge in [-0.15, -0.1) is 0 Å². The van der Waals surface area contributed by atoms with Crippen molar-refractivity contribution < 1.29 is 24.2 Å². The van der Waals surface area contributed by atoms with Crippen LogP contribution in [0.1, 0.15) is 30.7 Å². The van der Waals surface area contributed by atoms with Gasteiger partial charge in [-0.2, -0.15) is 0 Å². The van der Waals surface area contributed by atoms with Crippen LogP contribution in [-0.2, 0) is 14.3 Å². The predicted octanol–water partition coefficient (Wildman–Crippen LogP) is 1.89. The molecule has 2 aliphatic rings. The summed E-state index contributed by atoms with van der Waals surface area (Å²) in [7, 11) is 1.50. The van der Waals surface area contributed by atoms with E-state index in [0.717, 1.165) is 11.3 Å². The number of piperidine rings is 1. The number of nitrogens with zero attached hydrogens (tertiary/aromatic N) is 1. The Morgan fingerprint density at radius 2 is 2.21 bits per heavy atom. The van der Waals surface area contributed by atoms with Crippen molar-refractivity contribution in [2.45, 2.75) is 25.2 Å². The zero-order valence-corrected chi connectivity index (χ0v) is 13.9. The van der Waals surface area contributed by atoms with Gasteiger partial charge >= 0.3 is 5.97 Å². The minimum Gasteiger partial charge on any atom is -0.493 e. The smallest absolute Gasteiger partial charge is 0.313 e. The van der Waals surface area contributed by atoms with E-state index < -0.39 is 11.4 Å². The van der Waals surface area contributed by atoms with Crippen LogP contribution in [0.15, 0.2) is 24.3 Å². The molecule has 1 aromatic rings. The number of fused-ring (bicyclic) bond motifs is 1. The van der Waals surface area contributed by atoms with Crippen LogP contribution in [0.2, 0.25) is 0 Å². The monoisotopic (exact) mass is 333 g/mol. The summed E-state index contributed by atoms with van der Waals surface area (Å²) in [5.74, 6) is -0.413. The molecular formula is C18H23NO5. The number of likely N-dealkylation sites (tertiary alicyclic amines) is 1. The molecule has 6 nitrogen and oxygen atoms in total. The van der Waals surface area contributed by atoms with Crippen molar-refractivity contribution in [1.82, 2.24) is 4.90 Å². The molecule has 2 unspecified atom stereocenters. The van der Waals surface area contributed by atoms with Gasteiger partial charge in [0.05, 0.1) is 19.1 Å². The Labute approximate surface area is 141 Å². The second-order valence-electron chi connectivity index (χ2n) is 6.61. The highest BCUT2D eigenvalue weighted by Gasteiger charge is 2.45. The summed E-state index contributed by atoms with van der Waals surface area (Å²) in [4.78, 5) is 26.5. The quantitative estimate of drug-likeness (QED) is 0.911. The molecule has 0 bridgehead atoms. The summed E-state index contributed by atoms with van der Waals surface area (Å²) in [6.45, 7) is 1.42. The Morgan fingerprint density at radius 3 is 2.96 bits per heavy atom. The molecule has 2 atom stereocenters. The lowest BCUT2D eigenvalue weighted by molar-refractivity contribution is -0.159. The van der Waals surface area contributed by atoms with Gasteiger partial charge in [0, 0.05) is 25.8 Å². The molecule has 1 aromatic carbocycles. The lowest BCUT2D eigenvalue weighted by Crippen LogP contribution is -2.53. The fourth-order valence-corrected chi connectivity index (χ4v) is 3.77. The van der Waals surface area contributed by atoms with E-state index in [9.17, 15) is 14.7 Å². The zero-order valence-electron chi connectivity index (χ0n) is 13.9. The highest BCUT2D eigenvalue weighted by molar-refractivity contribution is 5.86. The van der Waals surface area contributed by atoms with E-state index in [1.165, 1.54) is 7.11 Å². The molecule has 0 saturated carbocycles. The normalized spacial score (nSPS) is 26.4. The fraction of sp³-hybridized carbons (Fsp3) is 0.556. The van der Waals surface area contributed by atoms with Crippen LogP contribution < -0.4 is 4.74 Å². The van der Waals surface area contributed by atoms with Gasteiger partial charge in [-0.05, 0) is 25.3 Å². The summed E-state index contributed by atoms with van der Waals surface area (Å²) in [6.07, 6.45) is 1.83. The van der Waals surface area contributed by atoms with Crippen LogP contribution in [0.5, 0.6) is 5.75 Å². The number of carbonyl (C=O) groups is 2. The molecular weight excluding hydrogens is 310 g/mol. The number of amides is 1. The maximum atomic E-state index is 13.1. The first-order valence-corrected chi connectivity index (χ1v) is 8.30. The van der Waals surface area contributed by atoms with E-state index in [0.29, 0.717) is 32.4 Å². The van der Waals surface area contributed by atoms with Gasteiger partial charge in [0.2, 0.25) is 5.91 Å². The number of ether oxygens (including phenoxy) is 2. The third kappa shape index (κ3) is 2.98. The molecule has 0 aliphatic carbocycles. The first-order chi connectivity index (χ1) is 11.6. The lowest BCUT2D eigenvalue weighted by Gasteiger charge is -2.41. The van der Waals surface area contributed by atoms with Gasteiger partial charge in [0.15, 0.2) is 0 Å². The third-order valence-corrected chi connectivity index (χ3v) is 5.02. The van der Waals surface area contributed by atoms with Gasteiger partial charge in [0.1, 0.15) is 11.2 Å². The van der Waals surface area contributed by atoms with Crippen LogP contribution >= 0.6 is 0 Å². The Balaban J connectivity index is 1.82. The molecule has 0 radical (unpaired) electrons. The molecule has 3 rings (SSSR count). The lowest BCUT2D eigenvalue weighted by atomic mass is 9.79. The number of para-hydroxylation sites is 1. The summed E-state index contributed by atoms with van der Waals surface area (Å²) in [5, 5.41) is 9.65. The first-order valence-electron chi connectivity index (χ1n) is 8.30. The van der Waals surface area contributed by atoms with E-state index in [4.69, 9.17) is 9.47 Å². The second-order valence-corrected chi connectivity index (χ2v) is 6.61. The third-order valence-electron chi connectivity index (χ3n) is 5.02.